The molecule has 0 amide bonds. The Kier molecular flexibility index (Phi) is 6.98. The summed E-state index contributed by atoms with van der Waals surface area (Å²) in [6, 6.07) is 18.0. The van der Waals surface area contributed by atoms with Crippen LogP contribution in [-0.2, 0) is 39.1 Å². The second kappa shape index (κ2) is 9.23. The third kappa shape index (κ3) is 5.62. The van der Waals surface area contributed by atoms with Gasteiger partial charge in [0.2, 0.25) is 0 Å². The quantitative estimate of drug-likeness (QED) is 0.606. The molecule has 0 spiro atoms. The van der Waals surface area contributed by atoms with Crippen LogP contribution in [0.2, 0.25) is 0 Å². The number of hydrogen-bond acceptors (Lipinski definition) is 4. The van der Waals surface area contributed by atoms with Gasteiger partial charge in [-0.25, -0.2) is 0 Å². The molecule has 0 radical (unpaired) electrons. The maximum absolute atomic E-state index is 4.42. The monoisotopic (exact) mass is 392 g/mol. The Bertz CT molecular complexity index is 578. The molecule has 23 heavy (non-hydrogen) atoms. The van der Waals surface area contributed by atoms with Crippen molar-refractivity contribution in [2.24, 2.45) is 0 Å². The van der Waals surface area contributed by atoms with Crippen molar-refractivity contribution in [3.63, 3.8) is 0 Å². The number of rotatable bonds is 6. The van der Waals surface area contributed by atoms with Gasteiger partial charge in [0.25, 0.3) is 0 Å². The maximum Gasteiger partial charge on any atom is 0.0544 e. The van der Waals surface area contributed by atoms with Crippen molar-refractivity contribution in [3.8, 4) is 0 Å². The van der Waals surface area contributed by atoms with E-state index in [9.17, 15) is 0 Å². The van der Waals surface area contributed by atoms with Crippen LogP contribution in [0, 0.1) is 0 Å². The molecule has 0 bridgehead atoms. The fourth-order valence-corrected chi connectivity index (χ4v) is 2.33. The maximum atomic E-state index is 4.42. The molecule has 0 N–H and O–H groups in total. The van der Waals surface area contributed by atoms with E-state index in [0.29, 0.717) is 0 Å². The molecule has 0 fully saturated rings. The minimum Gasteiger partial charge on any atom is -0.286 e. The summed E-state index contributed by atoms with van der Waals surface area (Å²) in [5.74, 6) is 0. The van der Waals surface area contributed by atoms with Gasteiger partial charge in [0, 0.05) is 57.7 Å². The standard InChI is InChI=1S/C18H18N4.Ru/c1-4-10-19-16(7-1)13-22(14-17-8-2-5-11-20-17)15-18-9-3-6-12-21-18;/h1-12H,13-15H2;. The molecule has 0 atom stereocenters. The largest absolute Gasteiger partial charge is 0.286 e. The summed E-state index contributed by atoms with van der Waals surface area (Å²) >= 11 is 0. The first-order chi connectivity index (χ1) is 10.9. The van der Waals surface area contributed by atoms with Crippen molar-refractivity contribution in [2.45, 2.75) is 19.6 Å². The molecular formula is C18H18N4Ru. The summed E-state index contributed by atoms with van der Waals surface area (Å²) in [4.78, 5) is 15.6. The van der Waals surface area contributed by atoms with E-state index in [1.807, 2.05) is 73.2 Å². The van der Waals surface area contributed by atoms with Crippen molar-refractivity contribution in [3.05, 3.63) is 90.3 Å². The molecule has 0 aromatic carbocycles. The van der Waals surface area contributed by atoms with Crippen LogP contribution in [0.5, 0.6) is 0 Å². The third-order valence-electron chi connectivity index (χ3n) is 3.34. The van der Waals surface area contributed by atoms with Crippen molar-refractivity contribution in [2.75, 3.05) is 0 Å². The molecule has 0 aliphatic heterocycles. The molecule has 3 rings (SSSR count). The van der Waals surface area contributed by atoms with Crippen molar-refractivity contribution < 1.29 is 19.5 Å². The van der Waals surface area contributed by atoms with Crippen LogP contribution in [0.3, 0.4) is 0 Å². The van der Waals surface area contributed by atoms with Crippen molar-refractivity contribution >= 4 is 0 Å². The number of pyridine rings is 3. The van der Waals surface area contributed by atoms with Gasteiger partial charge >= 0.3 is 0 Å². The molecule has 0 saturated heterocycles. The zero-order valence-corrected chi connectivity index (χ0v) is 14.4. The van der Waals surface area contributed by atoms with Gasteiger partial charge in [-0.3, -0.25) is 19.9 Å². The van der Waals surface area contributed by atoms with Crippen LogP contribution >= 0.6 is 0 Å². The van der Waals surface area contributed by atoms with Crippen molar-refractivity contribution in [1.82, 2.24) is 19.9 Å². The molecular weight excluding hydrogens is 373 g/mol. The van der Waals surface area contributed by atoms with E-state index >= 15 is 0 Å². The molecule has 3 heterocycles. The van der Waals surface area contributed by atoms with E-state index in [0.717, 1.165) is 36.7 Å². The average molecular weight is 391 g/mol. The summed E-state index contributed by atoms with van der Waals surface area (Å²) in [6.45, 7) is 2.32. The Hall–Kier alpha value is -1.97. The van der Waals surface area contributed by atoms with Crippen LogP contribution < -0.4 is 0 Å². The second-order valence-corrected chi connectivity index (χ2v) is 5.11. The van der Waals surface area contributed by atoms with Crippen LogP contribution in [0.25, 0.3) is 0 Å². The van der Waals surface area contributed by atoms with Crippen molar-refractivity contribution in [1.29, 1.82) is 0 Å². The van der Waals surface area contributed by atoms with Gasteiger partial charge in [-0.1, -0.05) is 18.2 Å². The average Bonchev–Trinajstić information content (AvgIpc) is 2.57. The van der Waals surface area contributed by atoms with Gasteiger partial charge < -0.3 is 0 Å². The minimum absolute atomic E-state index is 0. The number of aromatic nitrogens is 3. The Labute approximate surface area is 149 Å². The summed E-state index contributed by atoms with van der Waals surface area (Å²) < 4.78 is 0. The molecule has 4 nitrogen and oxygen atoms in total. The first-order valence-corrected chi connectivity index (χ1v) is 7.32. The Balaban J connectivity index is 0.00000192. The van der Waals surface area contributed by atoms with Crippen LogP contribution in [0.1, 0.15) is 17.1 Å². The molecule has 0 aliphatic rings. The smallest absolute Gasteiger partial charge is 0.0544 e. The summed E-state index contributed by atoms with van der Waals surface area (Å²) in [5.41, 5.74) is 3.15. The Morgan fingerprint density at radius 1 is 0.565 bits per heavy atom. The van der Waals surface area contributed by atoms with E-state index < -0.39 is 0 Å². The number of nitrogens with zero attached hydrogens (tertiary/aromatic N) is 4. The van der Waals surface area contributed by atoms with Gasteiger partial charge in [0.15, 0.2) is 0 Å². The van der Waals surface area contributed by atoms with Crippen LogP contribution in [-0.4, -0.2) is 19.9 Å². The number of hydrogen-bond donors (Lipinski definition) is 0. The fourth-order valence-electron chi connectivity index (χ4n) is 2.33. The SMILES string of the molecule is [Ru].c1ccc(CN(Cc2ccccn2)Cc2ccccn2)nc1. The van der Waals surface area contributed by atoms with E-state index in [1.165, 1.54) is 0 Å². The molecule has 0 saturated carbocycles. The van der Waals surface area contributed by atoms with E-state index in [-0.39, 0.29) is 19.5 Å². The first-order valence-electron chi connectivity index (χ1n) is 7.32. The molecule has 118 valence electrons. The van der Waals surface area contributed by atoms with E-state index in [2.05, 4.69) is 19.9 Å². The van der Waals surface area contributed by atoms with Gasteiger partial charge in [-0.2, -0.15) is 0 Å². The predicted octanol–water partition coefficient (Wildman–Crippen LogP) is 3.07. The second-order valence-electron chi connectivity index (χ2n) is 5.11. The molecule has 0 unspecified atom stereocenters. The summed E-state index contributed by atoms with van der Waals surface area (Å²) in [7, 11) is 0. The summed E-state index contributed by atoms with van der Waals surface area (Å²) in [6.07, 6.45) is 5.49. The van der Waals surface area contributed by atoms with Gasteiger partial charge in [0.05, 0.1) is 17.1 Å². The molecule has 0 aliphatic carbocycles. The van der Waals surface area contributed by atoms with Crippen LogP contribution in [0.4, 0.5) is 0 Å². The normalized spacial score (nSPS) is 10.3. The third-order valence-corrected chi connectivity index (χ3v) is 3.34. The van der Waals surface area contributed by atoms with Crippen LogP contribution in [0.15, 0.2) is 73.2 Å². The van der Waals surface area contributed by atoms with Gasteiger partial charge in [-0.15, -0.1) is 0 Å². The minimum atomic E-state index is 0. The molecule has 5 heteroatoms. The predicted molar refractivity (Wildman–Crippen MR) is 85.7 cm³/mol. The van der Waals surface area contributed by atoms with Gasteiger partial charge in [0.1, 0.15) is 0 Å². The Morgan fingerprint density at radius 3 is 1.17 bits per heavy atom. The van der Waals surface area contributed by atoms with Gasteiger partial charge in [-0.05, 0) is 36.4 Å². The Morgan fingerprint density at radius 2 is 0.913 bits per heavy atom. The zero-order valence-electron chi connectivity index (χ0n) is 12.7. The van der Waals surface area contributed by atoms with E-state index in [1.54, 1.807) is 0 Å². The van der Waals surface area contributed by atoms with E-state index in [4.69, 9.17) is 0 Å². The molecule has 3 aromatic heterocycles. The summed E-state index contributed by atoms with van der Waals surface area (Å²) in [5, 5.41) is 0. The molecule has 3 aromatic rings. The topological polar surface area (TPSA) is 41.9 Å². The first kappa shape index (κ1) is 17.4. The fraction of sp³-hybridized carbons (Fsp3) is 0.167. The zero-order chi connectivity index (χ0) is 15.0.